The zero-order chi connectivity index (χ0) is 8.27. The summed E-state index contributed by atoms with van der Waals surface area (Å²) in [6.45, 7) is 4.79. The Morgan fingerprint density at radius 2 is 2.27 bits per heavy atom. The van der Waals surface area contributed by atoms with Crippen LogP contribution in [-0.4, -0.2) is 37.5 Å². The summed E-state index contributed by atoms with van der Waals surface area (Å²) in [7, 11) is 2.12. The fraction of sp³-hybridized carbons (Fsp3) is 0.875. The third-order valence-electron chi connectivity index (χ3n) is 2.07. The molecule has 3 heteroatoms. The van der Waals surface area contributed by atoms with Gasteiger partial charge in [-0.05, 0) is 19.4 Å². The van der Waals surface area contributed by atoms with E-state index in [1.807, 2.05) is 0 Å². The van der Waals surface area contributed by atoms with Crippen LogP contribution < -0.4 is 5.32 Å². The molecule has 1 rings (SSSR count). The molecule has 1 N–H and O–H groups in total. The molecule has 0 bridgehead atoms. The van der Waals surface area contributed by atoms with Crippen LogP contribution in [0, 0.1) is 5.92 Å². The van der Waals surface area contributed by atoms with Crippen molar-refractivity contribution in [2.45, 2.75) is 13.3 Å². The van der Waals surface area contributed by atoms with Crippen molar-refractivity contribution < 1.29 is 4.79 Å². The predicted molar refractivity (Wildman–Crippen MR) is 44.3 cm³/mol. The smallest absolute Gasteiger partial charge is 0.216 e. The second kappa shape index (κ2) is 3.72. The quantitative estimate of drug-likeness (QED) is 0.627. The van der Waals surface area contributed by atoms with E-state index in [2.05, 4.69) is 17.3 Å². The van der Waals surface area contributed by atoms with Crippen LogP contribution in [0.4, 0.5) is 0 Å². The molecule has 0 spiro atoms. The van der Waals surface area contributed by atoms with Gasteiger partial charge in [-0.3, -0.25) is 4.79 Å². The minimum Gasteiger partial charge on any atom is -0.356 e. The summed E-state index contributed by atoms with van der Waals surface area (Å²) < 4.78 is 0. The van der Waals surface area contributed by atoms with E-state index in [0.29, 0.717) is 0 Å². The number of nitrogens with zero attached hydrogens (tertiary/aromatic N) is 1. The molecule has 0 unspecified atom stereocenters. The molecule has 0 saturated carbocycles. The van der Waals surface area contributed by atoms with Gasteiger partial charge in [-0.25, -0.2) is 0 Å². The molecule has 0 radical (unpaired) electrons. The van der Waals surface area contributed by atoms with Crippen LogP contribution in [0.1, 0.15) is 13.3 Å². The van der Waals surface area contributed by atoms with E-state index in [4.69, 9.17) is 0 Å². The third kappa shape index (κ3) is 2.89. The van der Waals surface area contributed by atoms with E-state index < -0.39 is 0 Å². The highest BCUT2D eigenvalue weighted by atomic mass is 16.1. The highest BCUT2D eigenvalue weighted by Crippen LogP contribution is 2.15. The van der Waals surface area contributed by atoms with Gasteiger partial charge >= 0.3 is 0 Å². The number of hydrogen-bond acceptors (Lipinski definition) is 2. The fourth-order valence-corrected chi connectivity index (χ4v) is 1.46. The average Bonchev–Trinajstić information content (AvgIpc) is 1.83. The third-order valence-corrected chi connectivity index (χ3v) is 2.07. The van der Waals surface area contributed by atoms with Crippen LogP contribution in [0.25, 0.3) is 0 Å². The van der Waals surface area contributed by atoms with Crippen LogP contribution in [0.3, 0.4) is 0 Å². The Kier molecular flexibility index (Phi) is 2.88. The number of carbonyl (C=O) groups is 1. The molecule has 0 aromatic rings. The molecule has 1 aliphatic rings. The molecule has 0 aromatic carbocycles. The number of carbonyl (C=O) groups excluding carboxylic acids is 1. The molecule has 0 aliphatic carbocycles. The van der Waals surface area contributed by atoms with Gasteiger partial charge in [-0.2, -0.15) is 0 Å². The summed E-state index contributed by atoms with van der Waals surface area (Å²) in [6.07, 6.45) is 1.13. The lowest BCUT2D eigenvalue weighted by molar-refractivity contribution is -0.119. The lowest BCUT2D eigenvalue weighted by atomic mass is 9.97. The number of likely N-dealkylation sites (tertiary alicyclic amines) is 1. The van der Waals surface area contributed by atoms with Crippen molar-refractivity contribution in [1.82, 2.24) is 10.2 Å². The van der Waals surface area contributed by atoms with Gasteiger partial charge in [0, 0.05) is 26.6 Å². The maximum absolute atomic E-state index is 10.5. The lowest BCUT2D eigenvalue weighted by Crippen LogP contribution is -2.44. The van der Waals surface area contributed by atoms with Crippen molar-refractivity contribution in [2.75, 3.05) is 26.7 Å². The minimum atomic E-state index is 0.0812. The topological polar surface area (TPSA) is 32.3 Å². The van der Waals surface area contributed by atoms with E-state index in [-0.39, 0.29) is 5.91 Å². The molecule has 1 fully saturated rings. The first-order chi connectivity index (χ1) is 5.18. The van der Waals surface area contributed by atoms with Crippen molar-refractivity contribution >= 4 is 5.91 Å². The Morgan fingerprint density at radius 3 is 2.73 bits per heavy atom. The van der Waals surface area contributed by atoms with E-state index in [1.165, 1.54) is 13.1 Å². The second-order valence-corrected chi connectivity index (χ2v) is 3.36. The average molecular weight is 156 g/mol. The lowest BCUT2D eigenvalue weighted by Gasteiger charge is -2.36. The molecule has 0 atom stereocenters. The van der Waals surface area contributed by atoms with Crippen molar-refractivity contribution in [3.63, 3.8) is 0 Å². The van der Waals surface area contributed by atoms with Crippen LogP contribution in [0.5, 0.6) is 0 Å². The molecule has 1 aliphatic heterocycles. The van der Waals surface area contributed by atoms with Crippen molar-refractivity contribution in [3.05, 3.63) is 0 Å². The van der Waals surface area contributed by atoms with Crippen LogP contribution in [-0.2, 0) is 4.79 Å². The molecule has 11 heavy (non-hydrogen) atoms. The van der Waals surface area contributed by atoms with Crippen LogP contribution in [0.2, 0.25) is 0 Å². The Bertz CT molecular complexity index is 141. The van der Waals surface area contributed by atoms with E-state index in [1.54, 1.807) is 6.92 Å². The van der Waals surface area contributed by atoms with Gasteiger partial charge in [0.2, 0.25) is 5.91 Å². The largest absolute Gasteiger partial charge is 0.356 e. The number of hydrogen-bond donors (Lipinski definition) is 1. The highest BCUT2D eigenvalue weighted by molar-refractivity contribution is 5.72. The van der Waals surface area contributed by atoms with Gasteiger partial charge in [0.05, 0.1) is 0 Å². The maximum atomic E-state index is 10.5. The van der Waals surface area contributed by atoms with Gasteiger partial charge < -0.3 is 10.2 Å². The van der Waals surface area contributed by atoms with E-state index in [0.717, 1.165) is 18.9 Å². The highest BCUT2D eigenvalue weighted by Gasteiger charge is 2.21. The number of amides is 1. The van der Waals surface area contributed by atoms with Gasteiger partial charge in [0.15, 0.2) is 0 Å². The molecular formula is C8H16N2O. The van der Waals surface area contributed by atoms with E-state index in [9.17, 15) is 4.79 Å². The Hall–Kier alpha value is -0.570. The predicted octanol–water partition coefficient (Wildman–Crippen LogP) is 0.0742. The maximum Gasteiger partial charge on any atom is 0.216 e. The summed E-state index contributed by atoms with van der Waals surface area (Å²) >= 11 is 0. The monoisotopic (exact) mass is 156 g/mol. The van der Waals surface area contributed by atoms with Crippen LogP contribution >= 0.6 is 0 Å². The van der Waals surface area contributed by atoms with Gasteiger partial charge in [0.1, 0.15) is 0 Å². The Morgan fingerprint density at radius 1 is 1.64 bits per heavy atom. The summed E-state index contributed by atoms with van der Waals surface area (Å²) in [5, 5.41) is 2.80. The van der Waals surface area contributed by atoms with Gasteiger partial charge in [-0.1, -0.05) is 0 Å². The standard InChI is InChI=1S/C8H16N2O/c1-7(11)9-4-3-8-5-10(2)6-8/h8H,3-6H2,1-2H3,(H,9,11). The molecule has 1 saturated heterocycles. The fourth-order valence-electron chi connectivity index (χ4n) is 1.46. The zero-order valence-electron chi connectivity index (χ0n) is 7.26. The number of nitrogens with one attached hydrogen (secondary N) is 1. The Balaban J connectivity index is 1.92. The first-order valence-corrected chi connectivity index (χ1v) is 4.11. The van der Waals surface area contributed by atoms with Crippen molar-refractivity contribution in [2.24, 2.45) is 5.92 Å². The van der Waals surface area contributed by atoms with Gasteiger partial charge in [0.25, 0.3) is 0 Å². The van der Waals surface area contributed by atoms with Gasteiger partial charge in [-0.15, -0.1) is 0 Å². The Labute approximate surface area is 67.8 Å². The summed E-state index contributed by atoms with van der Waals surface area (Å²) in [4.78, 5) is 12.8. The first kappa shape index (κ1) is 8.53. The number of rotatable bonds is 3. The molecule has 3 nitrogen and oxygen atoms in total. The molecular weight excluding hydrogens is 140 g/mol. The molecule has 64 valence electrons. The molecule has 1 amide bonds. The SMILES string of the molecule is CC(=O)NCCC1CN(C)C1. The molecule has 0 aromatic heterocycles. The van der Waals surface area contributed by atoms with Crippen molar-refractivity contribution in [3.8, 4) is 0 Å². The summed E-state index contributed by atoms with van der Waals surface area (Å²) in [5.74, 6) is 0.893. The zero-order valence-corrected chi connectivity index (χ0v) is 7.26. The summed E-state index contributed by atoms with van der Waals surface area (Å²) in [5.41, 5.74) is 0. The first-order valence-electron chi connectivity index (χ1n) is 4.11. The minimum absolute atomic E-state index is 0.0812. The van der Waals surface area contributed by atoms with E-state index >= 15 is 0 Å². The van der Waals surface area contributed by atoms with Crippen molar-refractivity contribution in [1.29, 1.82) is 0 Å². The summed E-state index contributed by atoms with van der Waals surface area (Å²) in [6, 6.07) is 0. The molecule has 1 heterocycles. The second-order valence-electron chi connectivity index (χ2n) is 3.36. The normalized spacial score (nSPS) is 19.5. The van der Waals surface area contributed by atoms with Crippen LogP contribution in [0.15, 0.2) is 0 Å².